The number of nitrogens with zero attached hydrogens (tertiary/aromatic N) is 3. The molecule has 0 bridgehead atoms. The third-order valence-corrected chi connectivity index (χ3v) is 4.03. The molecule has 3 rings (SSSR count). The summed E-state index contributed by atoms with van der Waals surface area (Å²) in [5.74, 6) is 0.356. The molecule has 0 atom stereocenters. The van der Waals surface area contributed by atoms with Crippen LogP contribution in [0.5, 0.6) is 0 Å². The van der Waals surface area contributed by atoms with Gasteiger partial charge >= 0.3 is 0 Å². The molecule has 0 N–H and O–H groups in total. The van der Waals surface area contributed by atoms with E-state index in [-0.39, 0.29) is 5.82 Å². The summed E-state index contributed by atoms with van der Waals surface area (Å²) in [6.45, 7) is 0.505. The molecule has 0 amide bonds. The van der Waals surface area contributed by atoms with Gasteiger partial charge in [0.15, 0.2) is 0 Å². The molecule has 0 saturated carbocycles. The molecule has 1 aromatic heterocycles. The first-order valence-electron chi connectivity index (χ1n) is 7.10. The lowest BCUT2D eigenvalue weighted by atomic mass is 10.1. The van der Waals surface area contributed by atoms with Gasteiger partial charge in [0.25, 0.3) is 0 Å². The average Bonchev–Trinajstić information content (AvgIpc) is 2.98. The van der Waals surface area contributed by atoms with Gasteiger partial charge in [0, 0.05) is 29.4 Å². The van der Waals surface area contributed by atoms with E-state index >= 15 is 0 Å². The molecule has 5 heteroatoms. The topological polar surface area (TPSA) is 41.6 Å². The molecule has 3 nitrogen and oxygen atoms in total. The highest BCUT2D eigenvalue weighted by molar-refractivity contribution is 6.31. The molecule has 114 valence electrons. The Labute approximate surface area is 138 Å². The molecule has 0 unspecified atom stereocenters. The second-order valence-electron chi connectivity index (χ2n) is 5.12. The number of aromatic nitrogens is 2. The lowest BCUT2D eigenvalue weighted by Gasteiger charge is -2.10. The number of benzene rings is 2. The fraction of sp³-hybridized carbons (Fsp3) is 0.111. The highest BCUT2D eigenvalue weighted by atomic mass is 35.5. The number of nitriles is 1. The quantitative estimate of drug-likeness (QED) is 0.722. The van der Waals surface area contributed by atoms with Crippen LogP contribution < -0.4 is 0 Å². The third-order valence-electron chi connectivity index (χ3n) is 3.68. The van der Waals surface area contributed by atoms with Crippen LogP contribution in [0.15, 0.2) is 54.9 Å². The van der Waals surface area contributed by atoms with E-state index in [0.29, 0.717) is 34.9 Å². The average molecular weight is 326 g/mol. The number of rotatable bonds is 4. The summed E-state index contributed by atoms with van der Waals surface area (Å²) in [6, 6.07) is 14.2. The van der Waals surface area contributed by atoms with Crippen LogP contribution in [0.4, 0.5) is 4.39 Å². The van der Waals surface area contributed by atoms with Crippen molar-refractivity contribution < 1.29 is 4.39 Å². The first-order valence-corrected chi connectivity index (χ1v) is 7.47. The van der Waals surface area contributed by atoms with Gasteiger partial charge in [-0.25, -0.2) is 9.37 Å². The molecule has 2 aromatic carbocycles. The zero-order valence-corrected chi connectivity index (χ0v) is 13.0. The second-order valence-corrected chi connectivity index (χ2v) is 5.52. The minimum Gasteiger partial charge on any atom is -0.330 e. The maximum atomic E-state index is 14.0. The van der Waals surface area contributed by atoms with Crippen molar-refractivity contribution in [3.63, 3.8) is 0 Å². The molecule has 3 aromatic rings. The number of hydrogen-bond acceptors (Lipinski definition) is 2. The summed E-state index contributed by atoms with van der Waals surface area (Å²) >= 11 is 6.09. The summed E-state index contributed by atoms with van der Waals surface area (Å²) in [7, 11) is 0. The van der Waals surface area contributed by atoms with Crippen molar-refractivity contribution >= 4 is 11.6 Å². The molecule has 1 heterocycles. The van der Waals surface area contributed by atoms with Gasteiger partial charge in [-0.15, -0.1) is 0 Å². The molecule has 0 aliphatic heterocycles. The van der Waals surface area contributed by atoms with Crippen LogP contribution in [0.1, 0.15) is 22.5 Å². The van der Waals surface area contributed by atoms with Crippen molar-refractivity contribution in [1.29, 1.82) is 5.26 Å². The SMILES string of the molecule is N#Cc1ccccc1Cn1ccnc1Cc1c(F)cccc1Cl. The molecular weight excluding hydrogens is 313 g/mol. The normalized spacial score (nSPS) is 10.5. The van der Waals surface area contributed by atoms with Crippen molar-refractivity contribution in [2.75, 3.05) is 0 Å². The second kappa shape index (κ2) is 6.64. The van der Waals surface area contributed by atoms with Crippen molar-refractivity contribution in [1.82, 2.24) is 9.55 Å². The predicted molar refractivity (Wildman–Crippen MR) is 86.7 cm³/mol. The first-order chi connectivity index (χ1) is 11.2. The van der Waals surface area contributed by atoms with Crippen LogP contribution >= 0.6 is 11.6 Å². The van der Waals surface area contributed by atoms with Gasteiger partial charge in [-0.3, -0.25) is 0 Å². The summed E-state index contributed by atoms with van der Waals surface area (Å²) in [4.78, 5) is 4.30. The van der Waals surface area contributed by atoms with E-state index in [1.807, 2.05) is 29.0 Å². The van der Waals surface area contributed by atoms with Crippen LogP contribution in [0.2, 0.25) is 5.02 Å². The molecule has 0 saturated heterocycles. The van der Waals surface area contributed by atoms with Gasteiger partial charge in [0.05, 0.1) is 18.2 Å². The molecule has 0 aliphatic carbocycles. The minimum atomic E-state index is -0.343. The first kappa shape index (κ1) is 15.3. The van der Waals surface area contributed by atoms with E-state index in [2.05, 4.69) is 11.1 Å². The Morgan fingerprint density at radius 2 is 2.00 bits per heavy atom. The fourth-order valence-corrected chi connectivity index (χ4v) is 2.69. The zero-order valence-electron chi connectivity index (χ0n) is 12.2. The summed E-state index contributed by atoms with van der Waals surface area (Å²) in [6.07, 6.45) is 3.78. The Kier molecular flexibility index (Phi) is 4.40. The third kappa shape index (κ3) is 3.25. The fourth-order valence-electron chi connectivity index (χ4n) is 2.46. The van der Waals surface area contributed by atoms with Crippen LogP contribution in [-0.4, -0.2) is 9.55 Å². The highest BCUT2D eigenvalue weighted by Gasteiger charge is 2.12. The molecule has 23 heavy (non-hydrogen) atoms. The van der Waals surface area contributed by atoms with E-state index in [9.17, 15) is 9.65 Å². The Hall–Kier alpha value is -2.64. The van der Waals surface area contributed by atoms with Gasteiger partial charge in [0.1, 0.15) is 11.6 Å². The molecule has 0 radical (unpaired) electrons. The molecular formula is C18H13ClFN3. The molecule has 0 aliphatic rings. The standard InChI is InChI=1S/C18H13ClFN3/c19-16-6-3-7-17(20)15(16)10-18-22-8-9-23(18)12-14-5-2-1-4-13(14)11-21/h1-9H,10,12H2. The van der Waals surface area contributed by atoms with Crippen molar-refractivity contribution in [2.45, 2.75) is 13.0 Å². The maximum Gasteiger partial charge on any atom is 0.128 e. The Balaban J connectivity index is 1.90. The van der Waals surface area contributed by atoms with Crippen molar-refractivity contribution in [3.8, 4) is 6.07 Å². The molecule has 0 fully saturated rings. The Bertz CT molecular complexity index is 860. The number of hydrogen-bond donors (Lipinski definition) is 0. The smallest absolute Gasteiger partial charge is 0.128 e. The van der Waals surface area contributed by atoms with Gasteiger partial charge in [-0.05, 0) is 23.8 Å². The van der Waals surface area contributed by atoms with E-state index in [0.717, 1.165) is 5.56 Å². The Morgan fingerprint density at radius 1 is 1.17 bits per heavy atom. The van der Waals surface area contributed by atoms with Gasteiger partial charge in [0.2, 0.25) is 0 Å². The zero-order chi connectivity index (χ0) is 16.2. The summed E-state index contributed by atoms with van der Waals surface area (Å²) in [5, 5.41) is 9.57. The van der Waals surface area contributed by atoms with Gasteiger partial charge < -0.3 is 4.57 Å². The van der Waals surface area contributed by atoms with Crippen molar-refractivity contribution in [2.24, 2.45) is 0 Å². The maximum absolute atomic E-state index is 14.0. The van der Waals surface area contributed by atoms with Crippen LogP contribution in [0.3, 0.4) is 0 Å². The lowest BCUT2D eigenvalue weighted by molar-refractivity contribution is 0.609. The summed E-state index contributed by atoms with van der Waals surface area (Å²) < 4.78 is 15.9. The van der Waals surface area contributed by atoms with E-state index in [1.54, 1.807) is 24.4 Å². The van der Waals surface area contributed by atoms with Crippen molar-refractivity contribution in [3.05, 3.63) is 88.2 Å². The number of imidazole rings is 1. The molecule has 0 spiro atoms. The monoisotopic (exact) mass is 325 g/mol. The Morgan fingerprint density at radius 3 is 2.78 bits per heavy atom. The highest BCUT2D eigenvalue weighted by Crippen LogP contribution is 2.22. The van der Waals surface area contributed by atoms with E-state index in [4.69, 9.17) is 11.6 Å². The number of halogens is 2. The van der Waals surface area contributed by atoms with Crippen LogP contribution in [-0.2, 0) is 13.0 Å². The van der Waals surface area contributed by atoms with Crippen LogP contribution in [0.25, 0.3) is 0 Å². The minimum absolute atomic E-state index is 0.299. The largest absolute Gasteiger partial charge is 0.330 e. The van der Waals surface area contributed by atoms with Gasteiger partial charge in [-0.1, -0.05) is 35.9 Å². The van der Waals surface area contributed by atoms with E-state index < -0.39 is 0 Å². The van der Waals surface area contributed by atoms with Crippen LogP contribution in [0, 0.1) is 17.1 Å². The predicted octanol–water partition coefficient (Wildman–Crippen LogP) is 4.19. The van der Waals surface area contributed by atoms with E-state index in [1.165, 1.54) is 6.07 Å². The lowest BCUT2D eigenvalue weighted by Crippen LogP contribution is -2.07. The van der Waals surface area contributed by atoms with Gasteiger partial charge in [-0.2, -0.15) is 5.26 Å². The summed E-state index contributed by atoms with van der Waals surface area (Å²) in [5.41, 5.74) is 1.94.